The fourth-order valence-corrected chi connectivity index (χ4v) is 2.56. The zero-order valence-corrected chi connectivity index (χ0v) is 10.0. The van der Waals surface area contributed by atoms with E-state index in [1.807, 2.05) is 0 Å². The number of hydrogen-bond acceptors (Lipinski definition) is 2. The van der Waals surface area contributed by atoms with Gasteiger partial charge in [0.2, 0.25) is 0 Å². The molecular weight excluding hydrogens is 247 g/mol. The first-order chi connectivity index (χ1) is 7.59. The average Bonchev–Trinajstić information content (AvgIpc) is 2.64. The van der Waals surface area contributed by atoms with E-state index in [9.17, 15) is 9.59 Å². The van der Waals surface area contributed by atoms with Crippen molar-refractivity contribution in [3.05, 3.63) is 33.8 Å². The third-order valence-corrected chi connectivity index (χ3v) is 3.46. The maximum absolute atomic E-state index is 12.1. The number of halogens is 2. The monoisotopic (exact) mass is 256 g/mol. The van der Waals surface area contributed by atoms with Gasteiger partial charge in [0, 0.05) is 18.8 Å². The summed E-state index contributed by atoms with van der Waals surface area (Å²) in [7, 11) is 0. The van der Waals surface area contributed by atoms with Crippen molar-refractivity contribution in [2.24, 2.45) is 5.92 Å². The smallest absolute Gasteiger partial charge is 0.169 e. The van der Waals surface area contributed by atoms with Gasteiger partial charge in [-0.3, -0.25) is 9.59 Å². The molecule has 0 bridgehead atoms. The summed E-state index contributed by atoms with van der Waals surface area (Å²) in [5.41, 5.74) is 0.352. The molecule has 0 heterocycles. The molecule has 1 fully saturated rings. The van der Waals surface area contributed by atoms with E-state index < -0.39 is 0 Å². The molecule has 1 aromatic rings. The summed E-state index contributed by atoms with van der Waals surface area (Å²) in [4.78, 5) is 23.3. The maximum atomic E-state index is 12.1. The molecule has 0 aliphatic heterocycles. The molecule has 0 saturated heterocycles. The summed E-state index contributed by atoms with van der Waals surface area (Å²) in [5.74, 6) is -0.215. The van der Waals surface area contributed by atoms with Gasteiger partial charge in [0.25, 0.3) is 0 Å². The van der Waals surface area contributed by atoms with Crippen LogP contribution in [0.15, 0.2) is 18.2 Å². The molecule has 1 aliphatic carbocycles. The Labute approximate surface area is 104 Å². The van der Waals surface area contributed by atoms with Crippen molar-refractivity contribution in [1.82, 2.24) is 0 Å². The molecule has 1 unspecified atom stereocenters. The average molecular weight is 257 g/mol. The number of Topliss-reactive ketones (excluding diaryl/α,β-unsaturated/α-hetero) is 2. The molecule has 0 aromatic heterocycles. The van der Waals surface area contributed by atoms with Gasteiger partial charge >= 0.3 is 0 Å². The second-order valence-corrected chi connectivity index (χ2v) is 4.75. The lowest BCUT2D eigenvalue weighted by atomic mass is 9.96. The zero-order valence-electron chi connectivity index (χ0n) is 8.50. The molecule has 1 saturated carbocycles. The van der Waals surface area contributed by atoms with Gasteiger partial charge in [0.15, 0.2) is 5.78 Å². The fourth-order valence-electron chi connectivity index (χ4n) is 1.98. The maximum Gasteiger partial charge on any atom is 0.169 e. The molecular formula is C12H10Cl2O2. The number of ketones is 2. The second kappa shape index (κ2) is 4.56. The highest BCUT2D eigenvalue weighted by atomic mass is 35.5. The van der Waals surface area contributed by atoms with E-state index in [0.717, 1.165) is 0 Å². The lowest BCUT2D eigenvalue weighted by molar-refractivity contribution is -0.117. The second-order valence-electron chi connectivity index (χ2n) is 3.94. The van der Waals surface area contributed by atoms with Crippen LogP contribution in [0.4, 0.5) is 0 Å². The number of rotatable bonds is 2. The van der Waals surface area contributed by atoms with Crippen molar-refractivity contribution in [3.8, 4) is 0 Å². The van der Waals surface area contributed by atoms with Gasteiger partial charge in [0.1, 0.15) is 5.78 Å². The van der Waals surface area contributed by atoms with Crippen LogP contribution in [0.1, 0.15) is 29.6 Å². The summed E-state index contributed by atoms with van der Waals surface area (Å²) in [6.07, 6.45) is 1.41. The van der Waals surface area contributed by atoms with Gasteiger partial charge in [-0.2, -0.15) is 0 Å². The molecule has 16 heavy (non-hydrogen) atoms. The van der Waals surface area contributed by atoms with Gasteiger partial charge in [-0.15, -0.1) is 0 Å². The lowest BCUT2D eigenvalue weighted by Crippen LogP contribution is -2.13. The first-order valence-electron chi connectivity index (χ1n) is 5.09. The van der Waals surface area contributed by atoms with Crippen LogP contribution in [0.5, 0.6) is 0 Å². The molecule has 0 spiro atoms. The van der Waals surface area contributed by atoms with Gasteiger partial charge in [0.05, 0.1) is 15.6 Å². The van der Waals surface area contributed by atoms with Crippen LogP contribution >= 0.6 is 23.2 Å². The van der Waals surface area contributed by atoms with Crippen LogP contribution in [0.3, 0.4) is 0 Å². The van der Waals surface area contributed by atoms with Crippen LogP contribution in [0, 0.1) is 5.92 Å². The van der Waals surface area contributed by atoms with Gasteiger partial charge in [-0.05, 0) is 18.6 Å². The quantitative estimate of drug-likeness (QED) is 0.759. The molecule has 1 aromatic carbocycles. The minimum absolute atomic E-state index is 0.110. The normalized spacial score (nSPS) is 20.1. The molecule has 2 nitrogen and oxygen atoms in total. The fraction of sp³-hybridized carbons (Fsp3) is 0.333. The van der Waals surface area contributed by atoms with Crippen molar-refractivity contribution in [2.45, 2.75) is 19.3 Å². The molecule has 0 N–H and O–H groups in total. The highest BCUT2D eigenvalue weighted by Gasteiger charge is 2.30. The van der Waals surface area contributed by atoms with Crippen LogP contribution < -0.4 is 0 Å². The minimum Gasteiger partial charge on any atom is -0.300 e. The number of hydrogen-bond donors (Lipinski definition) is 0. The molecule has 2 rings (SSSR count). The Bertz CT molecular complexity index is 434. The van der Waals surface area contributed by atoms with Gasteiger partial charge in [-0.25, -0.2) is 0 Å². The third-order valence-electron chi connectivity index (χ3n) is 2.83. The van der Waals surface area contributed by atoms with Crippen LogP contribution in [-0.2, 0) is 4.79 Å². The van der Waals surface area contributed by atoms with Crippen molar-refractivity contribution in [1.29, 1.82) is 0 Å². The summed E-state index contributed by atoms with van der Waals surface area (Å²) in [6, 6.07) is 4.97. The zero-order chi connectivity index (χ0) is 11.7. The highest BCUT2D eigenvalue weighted by molar-refractivity contribution is 6.40. The molecule has 4 heteroatoms. The van der Waals surface area contributed by atoms with Crippen LogP contribution in [0.25, 0.3) is 0 Å². The predicted octanol–water partition coefficient (Wildman–Crippen LogP) is 3.55. The molecule has 0 amide bonds. The Morgan fingerprint density at radius 3 is 2.38 bits per heavy atom. The Hall–Kier alpha value is -0.860. The number of carbonyl (C=O) groups is 2. The molecule has 1 aliphatic rings. The lowest BCUT2D eigenvalue weighted by Gasteiger charge is -2.10. The Kier molecular flexibility index (Phi) is 3.31. The Morgan fingerprint density at radius 2 is 1.88 bits per heavy atom. The largest absolute Gasteiger partial charge is 0.300 e. The van der Waals surface area contributed by atoms with Crippen molar-refractivity contribution >= 4 is 34.8 Å². The van der Waals surface area contributed by atoms with E-state index in [0.29, 0.717) is 34.9 Å². The van der Waals surface area contributed by atoms with E-state index >= 15 is 0 Å². The molecule has 1 atom stereocenters. The van der Waals surface area contributed by atoms with E-state index in [-0.39, 0.29) is 17.5 Å². The first-order valence-corrected chi connectivity index (χ1v) is 5.85. The third kappa shape index (κ3) is 2.13. The van der Waals surface area contributed by atoms with Crippen LogP contribution in [0.2, 0.25) is 10.0 Å². The minimum atomic E-state index is -0.245. The topological polar surface area (TPSA) is 34.1 Å². The van der Waals surface area contributed by atoms with E-state index in [4.69, 9.17) is 23.2 Å². The molecule has 84 valence electrons. The predicted molar refractivity (Wildman–Crippen MR) is 63.1 cm³/mol. The van der Waals surface area contributed by atoms with Crippen LogP contribution in [-0.4, -0.2) is 11.6 Å². The van der Waals surface area contributed by atoms with Gasteiger partial charge < -0.3 is 0 Å². The Balaban J connectivity index is 2.31. The van der Waals surface area contributed by atoms with Crippen molar-refractivity contribution in [3.63, 3.8) is 0 Å². The number of carbonyl (C=O) groups excluding carboxylic acids is 2. The molecule has 0 radical (unpaired) electrons. The number of benzene rings is 1. The summed E-state index contributed by atoms with van der Waals surface area (Å²) in [6.45, 7) is 0. The van der Waals surface area contributed by atoms with E-state index in [1.165, 1.54) is 0 Å². The first kappa shape index (κ1) is 11.6. The van der Waals surface area contributed by atoms with Crippen molar-refractivity contribution in [2.75, 3.05) is 0 Å². The highest BCUT2D eigenvalue weighted by Crippen LogP contribution is 2.32. The van der Waals surface area contributed by atoms with Gasteiger partial charge in [-0.1, -0.05) is 29.3 Å². The summed E-state index contributed by atoms with van der Waals surface area (Å²) < 4.78 is 0. The van der Waals surface area contributed by atoms with E-state index in [2.05, 4.69) is 0 Å². The Morgan fingerprint density at radius 1 is 1.25 bits per heavy atom. The standard InChI is InChI=1S/C12H10Cl2O2/c13-9-2-1-3-10(14)11(9)12(16)7-4-5-8(15)6-7/h1-3,7H,4-6H2. The summed E-state index contributed by atoms with van der Waals surface area (Å²) in [5, 5.41) is 0.716. The summed E-state index contributed by atoms with van der Waals surface area (Å²) >= 11 is 11.9. The van der Waals surface area contributed by atoms with Crippen molar-refractivity contribution < 1.29 is 9.59 Å². The SMILES string of the molecule is O=C1CCC(C(=O)c2c(Cl)cccc2Cl)C1. The van der Waals surface area contributed by atoms with E-state index in [1.54, 1.807) is 18.2 Å².